The van der Waals surface area contributed by atoms with Crippen molar-refractivity contribution in [1.29, 1.82) is 0 Å². The van der Waals surface area contributed by atoms with Gasteiger partial charge in [0.1, 0.15) is 10.7 Å². The van der Waals surface area contributed by atoms with Crippen LogP contribution in [0.2, 0.25) is 0 Å². The van der Waals surface area contributed by atoms with Crippen LogP contribution in [0.5, 0.6) is 0 Å². The number of sulfonamides is 1. The normalized spacial score (nSPS) is 12.8. The van der Waals surface area contributed by atoms with E-state index in [0.717, 1.165) is 31.2 Å². The van der Waals surface area contributed by atoms with Crippen molar-refractivity contribution >= 4 is 21.5 Å². The van der Waals surface area contributed by atoms with Gasteiger partial charge in [0.2, 0.25) is 0 Å². The third kappa shape index (κ3) is 5.63. The van der Waals surface area contributed by atoms with Gasteiger partial charge in [-0.1, -0.05) is 0 Å². The van der Waals surface area contributed by atoms with Crippen LogP contribution >= 0.6 is 0 Å². The summed E-state index contributed by atoms with van der Waals surface area (Å²) in [5.74, 6) is -1.62. The topological polar surface area (TPSA) is 74.3 Å². The second-order valence-electron chi connectivity index (χ2n) is 6.25. The van der Waals surface area contributed by atoms with Gasteiger partial charge >= 0.3 is 0 Å². The van der Waals surface area contributed by atoms with E-state index in [0.29, 0.717) is 5.82 Å². The molecule has 142 valence electrons. The monoisotopic (exact) mass is 384 g/mol. The van der Waals surface area contributed by atoms with Crippen LogP contribution < -0.4 is 10.0 Å². The Balaban J connectivity index is 2.05. The summed E-state index contributed by atoms with van der Waals surface area (Å²) in [5.41, 5.74) is -0.0663. The third-order valence-corrected chi connectivity index (χ3v) is 4.99. The molecule has 2 rings (SSSR count). The highest BCUT2D eigenvalue weighted by Crippen LogP contribution is 2.19. The van der Waals surface area contributed by atoms with Crippen molar-refractivity contribution in [2.75, 3.05) is 30.7 Å². The SMILES string of the molecule is CC(CCN(C)C)Nc1ccc(S(=O)(=O)Nc2ccc(F)c(F)c2)cn1. The number of hydrogen-bond donors (Lipinski definition) is 2. The molecular weight excluding hydrogens is 362 g/mol. The maximum Gasteiger partial charge on any atom is 0.263 e. The van der Waals surface area contributed by atoms with Crippen LogP contribution in [-0.4, -0.2) is 45.0 Å². The number of aromatic nitrogens is 1. The summed E-state index contributed by atoms with van der Waals surface area (Å²) in [6, 6.07) is 5.91. The Kier molecular flexibility index (Phi) is 6.49. The fraction of sp³-hybridized carbons (Fsp3) is 0.353. The standard InChI is InChI=1S/C17H22F2N4O2S/c1-12(8-9-23(2)3)21-17-7-5-14(11-20-17)26(24,25)22-13-4-6-15(18)16(19)10-13/h4-7,10-12,22H,8-9H2,1-3H3,(H,20,21). The van der Waals surface area contributed by atoms with Crippen LogP contribution in [0.25, 0.3) is 0 Å². The minimum absolute atomic E-state index is 0.0663. The Labute approximate surface area is 152 Å². The second-order valence-corrected chi connectivity index (χ2v) is 7.93. The van der Waals surface area contributed by atoms with Gasteiger partial charge in [0.15, 0.2) is 11.6 Å². The van der Waals surface area contributed by atoms with Crippen molar-refractivity contribution in [2.45, 2.75) is 24.3 Å². The molecule has 0 saturated carbocycles. The van der Waals surface area contributed by atoms with E-state index in [9.17, 15) is 17.2 Å². The molecule has 9 heteroatoms. The zero-order valence-corrected chi connectivity index (χ0v) is 15.6. The number of rotatable bonds is 8. The molecule has 2 aromatic rings. The molecular formula is C17H22F2N4O2S. The minimum atomic E-state index is -3.95. The first-order chi connectivity index (χ1) is 12.2. The maximum absolute atomic E-state index is 13.2. The summed E-state index contributed by atoms with van der Waals surface area (Å²) in [6.45, 7) is 2.93. The van der Waals surface area contributed by atoms with E-state index in [-0.39, 0.29) is 16.6 Å². The van der Waals surface area contributed by atoms with E-state index in [2.05, 4.69) is 19.9 Å². The van der Waals surface area contributed by atoms with E-state index in [1.165, 1.54) is 12.3 Å². The van der Waals surface area contributed by atoms with Gasteiger partial charge in [-0.2, -0.15) is 0 Å². The van der Waals surface area contributed by atoms with Gasteiger partial charge in [-0.15, -0.1) is 0 Å². The first-order valence-corrected chi connectivity index (χ1v) is 9.51. The molecule has 0 aliphatic rings. The molecule has 26 heavy (non-hydrogen) atoms. The summed E-state index contributed by atoms with van der Waals surface area (Å²) in [6.07, 6.45) is 2.12. The molecule has 0 aliphatic heterocycles. The largest absolute Gasteiger partial charge is 0.368 e. The molecule has 0 spiro atoms. The molecule has 1 unspecified atom stereocenters. The fourth-order valence-electron chi connectivity index (χ4n) is 2.17. The predicted octanol–water partition coefficient (Wildman–Crippen LogP) is 2.91. The molecule has 1 aromatic heterocycles. The van der Waals surface area contributed by atoms with Crippen molar-refractivity contribution in [3.8, 4) is 0 Å². The highest BCUT2D eigenvalue weighted by molar-refractivity contribution is 7.92. The van der Waals surface area contributed by atoms with E-state index in [1.807, 2.05) is 21.0 Å². The Morgan fingerprint density at radius 1 is 1.15 bits per heavy atom. The molecule has 0 bridgehead atoms. The Morgan fingerprint density at radius 3 is 2.46 bits per heavy atom. The average Bonchev–Trinajstić information content (AvgIpc) is 2.56. The van der Waals surface area contributed by atoms with Gasteiger partial charge in [-0.25, -0.2) is 22.2 Å². The molecule has 1 aromatic carbocycles. The molecule has 0 amide bonds. The lowest BCUT2D eigenvalue weighted by molar-refractivity contribution is 0.390. The first-order valence-electron chi connectivity index (χ1n) is 8.02. The minimum Gasteiger partial charge on any atom is -0.368 e. The average molecular weight is 384 g/mol. The summed E-state index contributed by atoms with van der Waals surface area (Å²) in [7, 11) is 0.0357. The fourth-order valence-corrected chi connectivity index (χ4v) is 3.17. The van der Waals surface area contributed by atoms with E-state index < -0.39 is 21.7 Å². The van der Waals surface area contributed by atoms with E-state index in [4.69, 9.17) is 0 Å². The molecule has 0 fully saturated rings. The van der Waals surface area contributed by atoms with Crippen molar-refractivity contribution < 1.29 is 17.2 Å². The van der Waals surface area contributed by atoms with Crippen molar-refractivity contribution in [3.05, 3.63) is 48.2 Å². The van der Waals surface area contributed by atoms with Gasteiger partial charge in [0.05, 0.1) is 5.69 Å². The number of nitrogens with zero attached hydrogens (tertiary/aromatic N) is 2. The number of anilines is 2. The van der Waals surface area contributed by atoms with Crippen LogP contribution in [0.4, 0.5) is 20.3 Å². The third-order valence-electron chi connectivity index (χ3n) is 3.62. The summed E-state index contributed by atoms with van der Waals surface area (Å²) < 4.78 is 53.0. The molecule has 2 N–H and O–H groups in total. The number of pyridine rings is 1. The quantitative estimate of drug-likeness (QED) is 0.732. The Hall–Kier alpha value is -2.26. The molecule has 1 atom stereocenters. The zero-order valence-electron chi connectivity index (χ0n) is 14.8. The van der Waals surface area contributed by atoms with Gasteiger partial charge in [0.25, 0.3) is 10.0 Å². The predicted molar refractivity (Wildman–Crippen MR) is 97.7 cm³/mol. The Bertz CT molecular complexity index is 842. The van der Waals surface area contributed by atoms with Gasteiger partial charge in [-0.05, 0) is 58.3 Å². The van der Waals surface area contributed by atoms with Gasteiger partial charge in [-0.3, -0.25) is 4.72 Å². The summed E-state index contributed by atoms with van der Waals surface area (Å²) >= 11 is 0. The highest BCUT2D eigenvalue weighted by atomic mass is 32.2. The van der Waals surface area contributed by atoms with Crippen molar-refractivity contribution in [1.82, 2.24) is 9.88 Å². The van der Waals surface area contributed by atoms with Crippen molar-refractivity contribution in [3.63, 3.8) is 0 Å². The molecule has 0 radical (unpaired) electrons. The van der Waals surface area contributed by atoms with Crippen LogP contribution in [-0.2, 0) is 10.0 Å². The second kappa shape index (κ2) is 8.41. The van der Waals surface area contributed by atoms with Crippen LogP contribution in [0, 0.1) is 11.6 Å². The zero-order chi connectivity index (χ0) is 19.3. The number of benzene rings is 1. The maximum atomic E-state index is 13.2. The summed E-state index contributed by atoms with van der Waals surface area (Å²) in [5, 5.41) is 3.20. The van der Waals surface area contributed by atoms with Gasteiger partial charge in [0, 0.05) is 18.3 Å². The lowest BCUT2D eigenvalue weighted by Gasteiger charge is -2.17. The Morgan fingerprint density at radius 2 is 1.88 bits per heavy atom. The van der Waals surface area contributed by atoms with Crippen molar-refractivity contribution in [2.24, 2.45) is 0 Å². The number of hydrogen-bond acceptors (Lipinski definition) is 5. The lowest BCUT2D eigenvalue weighted by Crippen LogP contribution is -2.23. The van der Waals surface area contributed by atoms with Crippen LogP contribution in [0.3, 0.4) is 0 Å². The molecule has 0 saturated heterocycles. The van der Waals surface area contributed by atoms with Gasteiger partial charge < -0.3 is 10.2 Å². The summed E-state index contributed by atoms with van der Waals surface area (Å²) in [4.78, 5) is 6.11. The molecule has 0 aliphatic carbocycles. The smallest absolute Gasteiger partial charge is 0.263 e. The van der Waals surface area contributed by atoms with E-state index in [1.54, 1.807) is 6.07 Å². The molecule has 6 nitrogen and oxygen atoms in total. The lowest BCUT2D eigenvalue weighted by atomic mass is 10.2. The first kappa shape index (κ1) is 20.1. The number of nitrogens with one attached hydrogen (secondary N) is 2. The number of halogens is 2. The van der Waals surface area contributed by atoms with E-state index >= 15 is 0 Å². The van der Waals surface area contributed by atoms with Crippen LogP contribution in [0.15, 0.2) is 41.4 Å². The van der Waals surface area contributed by atoms with Crippen LogP contribution in [0.1, 0.15) is 13.3 Å². The molecule has 1 heterocycles. The highest BCUT2D eigenvalue weighted by Gasteiger charge is 2.16.